The Morgan fingerprint density at radius 3 is 2.32 bits per heavy atom. The maximum absolute atomic E-state index is 13.6. The molecule has 3 rings (SSSR count). The smallest absolute Gasteiger partial charge is 0.317 e. The van der Waals surface area contributed by atoms with Gasteiger partial charge in [0, 0.05) is 12.2 Å². The van der Waals surface area contributed by atoms with Crippen LogP contribution in [-0.4, -0.2) is 46.0 Å². The number of aliphatic carboxylic acids is 1. The second-order valence-electron chi connectivity index (χ2n) is 10.4. The van der Waals surface area contributed by atoms with Crippen molar-refractivity contribution in [2.24, 2.45) is 5.92 Å². The number of aromatic nitrogens is 1. The van der Waals surface area contributed by atoms with E-state index in [0.717, 1.165) is 62.6 Å². The number of pyridine rings is 1. The highest BCUT2D eigenvalue weighted by Crippen LogP contribution is 2.27. The molecule has 1 fully saturated rings. The Labute approximate surface area is 201 Å². The number of nitrogens with zero attached hydrogens (tertiary/aromatic N) is 1. The van der Waals surface area contributed by atoms with E-state index in [4.69, 9.17) is 5.11 Å². The normalized spacial score (nSPS) is 17.4. The lowest BCUT2D eigenvalue weighted by Gasteiger charge is -2.28. The molecule has 8 heteroatoms. The number of aryl methyl sites for hydroxylation is 1. The molecule has 0 atom stereocenters. The third-order valence-corrected chi connectivity index (χ3v) is 7.20. The molecule has 0 saturated heterocycles. The van der Waals surface area contributed by atoms with Crippen molar-refractivity contribution in [2.75, 3.05) is 13.1 Å². The van der Waals surface area contributed by atoms with Gasteiger partial charge in [-0.05, 0) is 69.9 Å². The molecule has 1 aromatic heterocycles. The third-order valence-electron chi connectivity index (χ3n) is 7.20. The number of hydrogen-bond acceptors (Lipinski definition) is 5. The number of nitrogens with one attached hydrogen (secondary N) is 2. The number of ketones is 1. The molecule has 1 saturated carbocycles. The highest BCUT2D eigenvalue weighted by molar-refractivity contribution is 6.00. The molecule has 1 heterocycles. The van der Waals surface area contributed by atoms with Gasteiger partial charge in [-0.2, -0.15) is 0 Å². The van der Waals surface area contributed by atoms with Crippen molar-refractivity contribution in [3.63, 3.8) is 0 Å². The van der Waals surface area contributed by atoms with E-state index in [1.165, 1.54) is 19.3 Å². The van der Waals surface area contributed by atoms with Crippen molar-refractivity contribution < 1.29 is 19.5 Å². The number of amides is 1. The molecule has 0 bridgehead atoms. The van der Waals surface area contributed by atoms with E-state index in [9.17, 15) is 19.2 Å². The van der Waals surface area contributed by atoms with E-state index in [2.05, 4.69) is 10.6 Å². The van der Waals surface area contributed by atoms with Crippen LogP contribution in [0.15, 0.2) is 10.9 Å². The Morgan fingerprint density at radius 2 is 1.65 bits per heavy atom. The number of hydrogen-bond donors (Lipinski definition) is 3. The average Bonchev–Trinajstić information content (AvgIpc) is 2.76. The summed E-state index contributed by atoms with van der Waals surface area (Å²) in [7, 11) is 0. The first-order chi connectivity index (χ1) is 16.2. The minimum Gasteiger partial charge on any atom is -0.480 e. The topological polar surface area (TPSA) is 118 Å². The predicted molar refractivity (Wildman–Crippen MR) is 130 cm³/mol. The van der Waals surface area contributed by atoms with E-state index < -0.39 is 17.4 Å². The molecule has 3 N–H and O–H groups in total. The van der Waals surface area contributed by atoms with Crippen molar-refractivity contribution in [1.82, 2.24) is 15.2 Å². The molecular weight excluding hydrogens is 434 g/mol. The van der Waals surface area contributed by atoms with Crippen LogP contribution in [0.5, 0.6) is 0 Å². The first-order valence-electron chi connectivity index (χ1n) is 12.7. The maximum atomic E-state index is 13.6. The van der Waals surface area contributed by atoms with E-state index in [1.54, 1.807) is 19.9 Å². The summed E-state index contributed by atoms with van der Waals surface area (Å²) in [4.78, 5) is 50.1. The summed E-state index contributed by atoms with van der Waals surface area (Å²) in [5.41, 5.74) is 0.740. The molecule has 2 aliphatic rings. The third kappa shape index (κ3) is 6.78. The summed E-state index contributed by atoms with van der Waals surface area (Å²) in [5, 5.41) is 14.0. The number of fused-ring (bicyclic) bond motifs is 1. The number of Topliss-reactive ketones (excluding diaryl/α,β-unsaturated/α-hetero) is 1. The molecule has 0 aliphatic heterocycles. The highest BCUT2D eigenvalue weighted by Gasteiger charge is 2.31. The van der Waals surface area contributed by atoms with Crippen LogP contribution in [0.2, 0.25) is 0 Å². The molecule has 0 aromatic carbocycles. The first-order valence-corrected chi connectivity index (χ1v) is 12.7. The fourth-order valence-corrected chi connectivity index (χ4v) is 5.14. The van der Waals surface area contributed by atoms with Crippen LogP contribution in [0.25, 0.3) is 0 Å². The summed E-state index contributed by atoms with van der Waals surface area (Å²) < 4.78 is 1.87. The van der Waals surface area contributed by atoms with E-state index in [0.29, 0.717) is 12.5 Å². The van der Waals surface area contributed by atoms with Gasteiger partial charge in [-0.1, -0.05) is 32.1 Å². The first kappa shape index (κ1) is 26.1. The van der Waals surface area contributed by atoms with E-state index in [1.807, 2.05) is 4.57 Å². The van der Waals surface area contributed by atoms with Crippen molar-refractivity contribution in [3.05, 3.63) is 33.2 Å². The highest BCUT2D eigenvalue weighted by atomic mass is 16.4. The van der Waals surface area contributed by atoms with Gasteiger partial charge in [-0.15, -0.1) is 0 Å². The van der Waals surface area contributed by atoms with Gasteiger partial charge in [0.25, 0.3) is 11.5 Å². The Kier molecular flexibility index (Phi) is 9.05. The Bertz CT molecular complexity index is 960. The quantitative estimate of drug-likeness (QED) is 0.508. The van der Waals surface area contributed by atoms with Crippen molar-refractivity contribution in [1.29, 1.82) is 0 Å². The van der Waals surface area contributed by atoms with Crippen LogP contribution in [0.3, 0.4) is 0 Å². The zero-order valence-corrected chi connectivity index (χ0v) is 20.6. The number of carboxylic acid groups (broad SMARTS) is 1. The van der Waals surface area contributed by atoms with E-state index in [-0.39, 0.29) is 30.0 Å². The van der Waals surface area contributed by atoms with Crippen molar-refractivity contribution in [2.45, 2.75) is 96.6 Å². The summed E-state index contributed by atoms with van der Waals surface area (Å²) in [5.74, 6) is -1.51. The summed E-state index contributed by atoms with van der Waals surface area (Å²) >= 11 is 0. The van der Waals surface area contributed by atoms with Crippen molar-refractivity contribution >= 4 is 17.7 Å². The number of carboxylic acids is 1. The molecule has 2 aliphatic carbocycles. The molecule has 1 amide bonds. The number of rotatable bonds is 9. The fourth-order valence-electron chi connectivity index (χ4n) is 5.14. The molecule has 0 radical (unpaired) electrons. The standard InChI is InChI=1S/C26H39N3O5/c1-26(2,22(30)15-27-16-23(31)32)28-24(33)20-14-19-12-8-3-4-9-13-21(19)29(25(20)34)17-18-10-6-5-7-11-18/h14,18,27H,3-13,15-17H2,1-2H3,(H,28,33)(H,31,32). The number of carbonyl (C=O) groups excluding carboxylic acids is 2. The van der Waals surface area contributed by atoms with Gasteiger partial charge in [0.15, 0.2) is 5.78 Å². The summed E-state index contributed by atoms with van der Waals surface area (Å²) in [6, 6.07) is 1.75. The number of carbonyl (C=O) groups is 3. The fraction of sp³-hybridized carbons (Fsp3) is 0.692. The second-order valence-corrected chi connectivity index (χ2v) is 10.4. The van der Waals surface area contributed by atoms with Gasteiger partial charge >= 0.3 is 5.97 Å². The van der Waals surface area contributed by atoms with Crippen molar-refractivity contribution in [3.8, 4) is 0 Å². The van der Waals surface area contributed by atoms with Crippen LogP contribution >= 0.6 is 0 Å². The van der Waals surface area contributed by atoms with Crippen LogP contribution in [0.4, 0.5) is 0 Å². The molecule has 34 heavy (non-hydrogen) atoms. The van der Waals surface area contributed by atoms with Crippen LogP contribution in [-0.2, 0) is 29.0 Å². The molecule has 0 spiro atoms. The molecule has 188 valence electrons. The lowest BCUT2D eigenvalue weighted by atomic mass is 9.88. The SMILES string of the molecule is CC(C)(NC(=O)c1cc2c(n(CC3CCCCC3)c1=O)CCCCCC2)C(=O)CNCC(=O)O. The Hall–Kier alpha value is -2.48. The lowest BCUT2D eigenvalue weighted by Crippen LogP contribution is -2.54. The lowest BCUT2D eigenvalue weighted by molar-refractivity contribution is -0.136. The van der Waals surface area contributed by atoms with Crippen LogP contribution < -0.4 is 16.2 Å². The van der Waals surface area contributed by atoms with Gasteiger partial charge in [-0.25, -0.2) is 0 Å². The molecule has 8 nitrogen and oxygen atoms in total. The Morgan fingerprint density at radius 1 is 1.00 bits per heavy atom. The monoisotopic (exact) mass is 473 g/mol. The minimum absolute atomic E-state index is 0.0921. The zero-order valence-electron chi connectivity index (χ0n) is 20.6. The van der Waals surface area contributed by atoms with E-state index >= 15 is 0 Å². The predicted octanol–water partition coefficient (Wildman–Crippen LogP) is 2.84. The maximum Gasteiger partial charge on any atom is 0.317 e. The van der Waals surface area contributed by atoms with Crippen LogP contribution in [0.1, 0.15) is 93.3 Å². The minimum atomic E-state index is -1.24. The van der Waals surface area contributed by atoms with Gasteiger partial charge < -0.3 is 15.0 Å². The van der Waals surface area contributed by atoms with Gasteiger partial charge in [0.05, 0.1) is 18.6 Å². The van der Waals surface area contributed by atoms with Gasteiger partial charge in [0.2, 0.25) is 0 Å². The average molecular weight is 474 g/mol. The molecular formula is C26H39N3O5. The molecule has 1 aromatic rings. The van der Waals surface area contributed by atoms with Crippen LogP contribution in [0, 0.1) is 5.92 Å². The Balaban J connectivity index is 1.87. The zero-order chi connectivity index (χ0) is 24.7. The summed E-state index contributed by atoms with van der Waals surface area (Å²) in [6.07, 6.45) is 11.9. The molecule has 0 unspecified atom stereocenters. The largest absolute Gasteiger partial charge is 0.480 e. The van der Waals surface area contributed by atoms with Gasteiger partial charge in [0.1, 0.15) is 5.56 Å². The van der Waals surface area contributed by atoms with Gasteiger partial charge in [-0.3, -0.25) is 24.5 Å². The summed E-state index contributed by atoms with van der Waals surface area (Å²) in [6.45, 7) is 3.28. The second kappa shape index (κ2) is 11.8.